The molecule has 1 amide bonds. The van der Waals surface area contributed by atoms with E-state index in [1.54, 1.807) is 35.1 Å². The van der Waals surface area contributed by atoms with Gasteiger partial charge in [-0.3, -0.25) is 4.79 Å². The van der Waals surface area contributed by atoms with Gasteiger partial charge in [0.05, 0.1) is 12.7 Å². The first-order valence-corrected chi connectivity index (χ1v) is 8.12. The van der Waals surface area contributed by atoms with Crippen LogP contribution in [-0.2, 0) is 11.3 Å². The Bertz CT molecular complexity index is 1040. The van der Waals surface area contributed by atoms with E-state index >= 15 is 0 Å². The predicted molar refractivity (Wildman–Crippen MR) is 96.6 cm³/mol. The van der Waals surface area contributed by atoms with E-state index in [9.17, 15) is 18.0 Å². The summed E-state index contributed by atoms with van der Waals surface area (Å²) in [6, 6.07) is 5.27. The van der Waals surface area contributed by atoms with Gasteiger partial charge in [0.1, 0.15) is 11.5 Å². The first-order chi connectivity index (χ1) is 13.2. The van der Waals surface area contributed by atoms with E-state index in [0.717, 1.165) is 5.56 Å². The summed E-state index contributed by atoms with van der Waals surface area (Å²) in [5.74, 6) is 0.368. The fraction of sp³-hybridized carbons (Fsp3) is 0.235. The maximum Gasteiger partial charge on any atom is 0.409 e. The molecule has 3 N–H and O–H groups in total. The van der Waals surface area contributed by atoms with Gasteiger partial charge in [-0.05, 0) is 18.2 Å². The average molecular weight is 391 g/mol. The Labute approximate surface area is 157 Å². The van der Waals surface area contributed by atoms with Gasteiger partial charge in [-0.1, -0.05) is 0 Å². The number of nitrogens with one attached hydrogen (secondary N) is 1. The molecule has 0 unspecified atom stereocenters. The second-order valence-corrected chi connectivity index (χ2v) is 5.97. The molecule has 3 aromatic heterocycles. The van der Waals surface area contributed by atoms with Gasteiger partial charge in [-0.15, -0.1) is 0 Å². The molecule has 0 spiro atoms. The van der Waals surface area contributed by atoms with Crippen LogP contribution >= 0.6 is 0 Å². The summed E-state index contributed by atoms with van der Waals surface area (Å²) in [6.07, 6.45) is 0.608. The van der Waals surface area contributed by atoms with Crippen LogP contribution in [0.5, 0.6) is 0 Å². The Balaban J connectivity index is 1.84. The molecule has 0 saturated carbocycles. The number of aromatic nitrogens is 3. The minimum Gasteiger partial charge on any atom is -0.383 e. The minimum absolute atomic E-state index is 0.108. The lowest BCUT2D eigenvalue weighted by Gasteiger charge is -2.07. The molecule has 0 atom stereocenters. The number of fused-ring (bicyclic) bond motifs is 1. The van der Waals surface area contributed by atoms with Gasteiger partial charge < -0.3 is 15.5 Å². The summed E-state index contributed by atoms with van der Waals surface area (Å²) in [7, 11) is 0. The molecule has 3 heterocycles. The molecule has 0 bridgehead atoms. The van der Waals surface area contributed by atoms with E-state index in [1.807, 2.05) is 6.07 Å². The lowest BCUT2D eigenvalue weighted by molar-refractivity contribution is -0.119. The lowest BCUT2D eigenvalue weighted by atomic mass is 10.1. The molecule has 0 aliphatic heterocycles. The number of hydrogen-bond donors (Lipinski definition) is 2. The van der Waals surface area contributed by atoms with Crippen LogP contribution in [0.2, 0.25) is 0 Å². The fourth-order valence-electron chi connectivity index (χ4n) is 2.46. The summed E-state index contributed by atoms with van der Waals surface area (Å²) in [6.45, 7) is -0.0558. The van der Waals surface area contributed by atoms with E-state index in [-0.39, 0.29) is 18.3 Å². The summed E-state index contributed by atoms with van der Waals surface area (Å²) in [5, 5.41) is 9.26. The van der Waals surface area contributed by atoms with Gasteiger partial charge in [0, 0.05) is 36.0 Å². The molecule has 0 fully saturated rings. The minimum atomic E-state index is -4.40. The zero-order valence-electron chi connectivity index (χ0n) is 14.7. The van der Waals surface area contributed by atoms with Crippen molar-refractivity contribution in [1.82, 2.24) is 14.4 Å². The Kier molecular flexibility index (Phi) is 5.25. The number of rotatable bonds is 5. The summed E-state index contributed by atoms with van der Waals surface area (Å²) in [4.78, 5) is 19.5. The molecule has 0 radical (unpaired) electrons. The maximum atomic E-state index is 12.1. The fourth-order valence-corrected chi connectivity index (χ4v) is 2.46. The number of azo groups is 1. The quantitative estimate of drug-likeness (QED) is 0.649. The van der Waals surface area contributed by atoms with Crippen molar-refractivity contribution in [2.24, 2.45) is 10.2 Å². The van der Waals surface area contributed by atoms with E-state index < -0.39 is 12.7 Å². The Morgan fingerprint density at radius 2 is 2.04 bits per heavy atom. The average Bonchev–Trinajstić information content (AvgIpc) is 2.99. The number of amides is 1. The number of anilines is 2. The number of hydrogen-bond acceptors (Lipinski definition) is 6. The number of carbonyl (C=O) groups is 1. The van der Waals surface area contributed by atoms with Gasteiger partial charge in [0.25, 0.3) is 0 Å². The Morgan fingerprint density at radius 1 is 1.25 bits per heavy atom. The molecule has 3 rings (SSSR count). The summed E-state index contributed by atoms with van der Waals surface area (Å²) < 4.78 is 38.1. The van der Waals surface area contributed by atoms with Gasteiger partial charge in [0.2, 0.25) is 5.91 Å². The third-order valence-electron chi connectivity index (χ3n) is 3.68. The molecule has 28 heavy (non-hydrogen) atoms. The molecule has 0 aliphatic rings. The topological polar surface area (TPSA) is 110 Å². The van der Waals surface area contributed by atoms with Crippen molar-refractivity contribution in [3.05, 3.63) is 42.4 Å². The van der Waals surface area contributed by atoms with Gasteiger partial charge >= 0.3 is 6.18 Å². The summed E-state index contributed by atoms with van der Waals surface area (Å²) >= 11 is 0. The van der Waals surface area contributed by atoms with Gasteiger partial charge in [0.15, 0.2) is 12.4 Å². The molecule has 8 nitrogen and oxygen atoms in total. The monoisotopic (exact) mass is 391 g/mol. The van der Waals surface area contributed by atoms with Crippen molar-refractivity contribution in [3.63, 3.8) is 0 Å². The maximum absolute atomic E-state index is 12.1. The third-order valence-corrected chi connectivity index (χ3v) is 3.68. The van der Waals surface area contributed by atoms with E-state index in [0.29, 0.717) is 22.6 Å². The zero-order valence-corrected chi connectivity index (χ0v) is 14.7. The highest BCUT2D eigenvalue weighted by Gasteiger charge is 2.26. The van der Waals surface area contributed by atoms with Crippen LogP contribution in [0.25, 0.3) is 16.8 Å². The molecular weight excluding hydrogens is 375 g/mol. The van der Waals surface area contributed by atoms with Crippen LogP contribution in [0.4, 0.5) is 24.8 Å². The first-order valence-electron chi connectivity index (χ1n) is 8.12. The second kappa shape index (κ2) is 7.62. The number of halogens is 3. The molecule has 0 saturated heterocycles. The molecule has 3 aromatic rings. The van der Waals surface area contributed by atoms with Crippen molar-refractivity contribution in [3.8, 4) is 11.1 Å². The van der Waals surface area contributed by atoms with Crippen molar-refractivity contribution in [1.29, 1.82) is 0 Å². The highest BCUT2D eigenvalue weighted by Crippen LogP contribution is 2.24. The van der Waals surface area contributed by atoms with E-state index in [4.69, 9.17) is 5.73 Å². The highest BCUT2D eigenvalue weighted by atomic mass is 19.4. The van der Waals surface area contributed by atoms with Crippen LogP contribution in [0.1, 0.15) is 12.5 Å². The molecular formula is C17H16F3N7O. The van der Waals surface area contributed by atoms with Crippen molar-refractivity contribution in [2.45, 2.75) is 19.6 Å². The molecule has 146 valence electrons. The van der Waals surface area contributed by atoms with Gasteiger partial charge in [-0.25, -0.2) is 9.97 Å². The molecule has 11 heteroatoms. The first kappa shape index (κ1) is 19.3. The Morgan fingerprint density at radius 3 is 2.75 bits per heavy atom. The van der Waals surface area contributed by atoms with Gasteiger partial charge in [-0.2, -0.15) is 23.4 Å². The summed E-state index contributed by atoms with van der Waals surface area (Å²) in [5.41, 5.74) is 8.37. The second-order valence-electron chi connectivity index (χ2n) is 5.97. The highest BCUT2D eigenvalue weighted by molar-refractivity contribution is 5.87. The number of alkyl halides is 3. The number of carbonyl (C=O) groups excluding carboxylic acids is 1. The standard InChI is InChI=1S/C17H16F3N7O/c1-10(28)25-14-8-27-7-11(2-3-15(27)26-14)12-4-13(16(21)22-5-12)6-23-24-9-17(18,19)20/h2-5,7-8H,6,9H2,1H3,(H2,21,22)(H,25,28). The third kappa shape index (κ3) is 4.81. The molecule has 0 aromatic carbocycles. The number of nitrogen functional groups attached to an aromatic ring is 1. The van der Waals surface area contributed by atoms with E-state index in [1.165, 1.54) is 6.92 Å². The normalized spacial score (nSPS) is 12.0. The number of imidazole rings is 1. The smallest absolute Gasteiger partial charge is 0.383 e. The van der Waals surface area contributed by atoms with Crippen LogP contribution < -0.4 is 11.1 Å². The van der Waals surface area contributed by atoms with Crippen molar-refractivity contribution < 1.29 is 18.0 Å². The van der Waals surface area contributed by atoms with E-state index in [2.05, 4.69) is 25.5 Å². The number of pyridine rings is 2. The van der Waals surface area contributed by atoms with Crippen LogP contribution in [0.3, 0.4) is 0 Å². The Hall–Kier alpha value is -3.50. The van der Waals surface area contributed by atoms with Crippen molar-refractivity contribution in [2.75, 3.05) is 17.6 Å². The predicted octanol–water partition coefficient (Wildman–Crippen LogP) is 3.45. The van der Waals surface area contributed by atoms with Crippen LogP contribution in [0.15, 0.2) is 47.0 Å². The molecule has 0 aliphatic carbocycles. The lowest BCUT2D eigenvalue weighted by Crippen LogP contribution is -2.11. The van der Waals surface area contributed by atoms with Crippen molar-refractivity contribution >= 4 is 23.2 Å². The van der Waals surface area contributed by atoms with Crippen LogP contribution in [0, 0.1) is 0 Å². The SMILES string of the molecule is CC(=O)Nc1cn2cc(-c3cnc(N)c(CN=NCC(F)(F)F)c3)ccc2n1. The number of nitrogens with two attached hydrogens (primary N) is 1. The van der Waals surface area contributed by atoms with Crippen LogP contribution in [-0.4, -0.2) is 33.0 Å². The zero-order chi connectivity index (χ0) is 20.3. The largest absolute Gasteiger partial charge is 0.409 e. The number of nitrogens with zero attached hydrogens (tertiary/aromatic N) is 5.